The molecule has 0 radical (unpaired) electrons. The molecule has 0 unspecified atom stereocenters. The average Bonchev–Trinajstić information content (AvgIpc) is 2.47. The molecule has 1 saturated heterocycles. The largest absolute Gasteiger partial charge is 0.468 e. The van der Waals surface area contributed by atoms with Gasteiger partial charge in [-0.05, 0) is 17.7 Å². The zero-order chi connectivity index (χ0) is 15.2. The second-order valence-corrected chi connectivity index (χ2v) is 4.62. The lowest BCUT2D eigenvalue weighted by Crippen LogP contribution is -2.41. The zero-order valence-electron chi connectivity index (χ0n) is 11.6. The number of ether oxygens (including phenoxy) is 3. The summed E-state index contributed by atoms with van der Waals surface area (Å²) < 4.78 is 38.8. The van der Waals surface area contributed by atoms with E-state index in [1.54, 1.807) is 12.1 Å². The van der Waals surface area contributed by atoms with Crippen LogP contribution in [0, 0.1) is 0 Å². The normalized spacial score (nSPS) is 19.5. The SMILES string of the molecule is COC(=O)CN1CCO[C@H](c2ccc(OC(F)F)cc2)C1. The first-order valence-corrected chi connectivity index (χ1v) is 6.54. The van der Waals surface area contributed by atoms with Gasteiger partial charge < -0.3 is 14.2 Å². The number of nitrogens with zero attached hydrogens (tertiary/aromatic N) is 1. The summed E-state index contributed by atoms with van der Waals surface area (Å²) in [6, 6.07) is 6.32. The molecule has 0 N–H and O–H groups in total. The van der Waals surface area contributed by atoms with Crippen LogP contribution in [0.4, 0.5) is 8.78 Å². The first kappa shape index (κ1) is 15.7. The standard InChI is InChI=1S/C14H17F2NO4/c1-19-13(18)9-17-6-7-20-12(8-17)10-2-4-11(5-3-10)21-14(15)16/h2-5,12,14H,6-9H2,1H3/t12-/m0/s1. The van der Waals surface area contributed by atoms with Crippen LogP contribution in [-0.4, -0.2) is 50.8 Å². The third-order valence-corrected chi connectivity index (χ3v) is 3.21. The van der Waals surface area contributed by atoms with Gasteiger partial charge in [0, 0.05) is 13.1 Å². The highest BCUT2D eigenvalue weighted by Gasteiger charge is 2.23. The molecule has 116 valence electrons. The Hall–Kier alpha value is -1.73. The number of hydrogen-bond donors (Lipinski definition) is 0. The lowest BCUT2D eigenvalue weighted by Gasteiger charge is -2.32. The molecule has 1 aromatic carbocycles. The van der Waals surface area contributed by atoms with Gasteiger partial charge in [-0.25, -0.2) is 0 Å². The molecular formula is C14H17F2NO4. The van der Waals surface area contributed by atoms with Crippen molar-refractivity contribution < 1.29 is 27.8 Å². The van der Waals surface area contributed by atoms with Crippen molar-refractivity contribution in [3.63, 3.8) is 0 Å². The van der Waals surface area contributed by atoms with Gasteiger partial charge in [0.2, 0.25) is 0 Å². The first-order chi connectivity index (χ1) is 10.1. The number of benzene rings is 1. The van der Waals surface area contributed by atoms with Crippen LogP contribution in [-0.2, 0) is 14.3 Å². The van der Waals surface area contributed by atoms with Gasteiger partial charge in [-0.1, -0.05) is 12.1 Å². The number of morpholine rings is 1. The van der Waals surface area contributed by atoms with E-state index < -0.39 is 6.61 Å². The number of hydrogen-bond acceptors (Lipinski definition) is 5. The molecule has 1 aliphatic heterocycles. The van der Waals surface area contributed by atoms with Gasteiger partial charge in [-0.3, -0.25) is 9.69 Å². The number of methoxy groups -OCH3 is 1. The highest BCUT2D eigenvalue weighted by molar-refractivity contribution is 5.71. The van der Waals surface area contributed by atoms with E-state index in [9.17, 15) is 13.6 Å². The third kappa shape index (κ3) is 4.64. The summed E-state index contributed by atoms with van der Waals surface area (Å²) in [5.41, 5.74) is 0.853. The average molecular weight is 301 g/mol. The number of rotatable bonds is 5. The van der Waals surface area contributed by atoms with Gasteiger partial charge in [0.05, 0.1) is 26.4 Å². The Kier molecular flexibility index (Phi) is 5.46. The number of esters is 1. The molecule has 1 aromatic rings. The molecule has 1 atom stereocenters. The molecule has 1 aliphatic rings. The van der Waals surface area contributed by atoms with Gasteiger partial charge in [0.25, 0.3) is 0 Å². The van der Waals surface area contributed by atoms with E-state index in [0.29, 0.717) is 19.7 Å². The number of halogens is 2. The van der Waals surface area contributed by atoms with E-state index >= 15 is 0 Å². The molecule has 21 heavy (non-hydrogen) atoms. The van der Waals surface area contributed by atoms with E-state index in [1.807, 2.05) is 4.90 Å². The molecule has 0 bridgehead atoms. The molecule has 2 rings (SSSR count). The molecule has 0 spiro atoms. The van der Waals surface area contributed by atoms with Crippen LogP contribution in [0.5, 0.6) is 5.75 Å². The predicted octanol–water partition coefficient (Wildman–Crippen LogP) is 1.83. The lowest BCUT2D eigenvalue weighted by atomic mass is 10.1. The van der Waals surface area contributed by atoms with E-state index in [-0.39, 0.29) is 24.4 Å². The maximum atomic E-state index is 12.1. The van der Waals surface area contributed by atoms with Crippen molar-refractivity contribution in [1.82, 2.24) is 4.90 Å². The van der Waals surface area contributed by atoms with E-state index in [0.717, 1.165) is 5.56 Å². The highest BCUT2D eigenvalue weighted by Crippen LogP contribution is 2.24. The Labute approximate surface area is 121 Å². The van der Waals surface area contributed by atoms with Crippen molar-refractivity contribution in [2.24, 2.45) is 0 Å². The molecule has 0 aliphatic carbocycles. The summed E-state index contributed by atoms with van der Waals surface area (Å²) in [5.74, 6) is -0.188. The minimum absolute atomic E-state index is 0.107. The third-order valence-electron chi connectivity index (χ3n) is 3.21. The monoisotopic (exact) mass is 301 g/mol. The maximum absolute atomic E-state index is 12.1. The molecule has 7 heteroatoms. The second-order valence-electron chi connectivity index (χ2n) is 4.62. The van der Waals surface area contributed by atoms with E-state index in [1.165, 1.54) is 19.2 Å². The Morgan fingerprint density at radius 1 is 1.43 bits per heavy atom. The van der Waals surface area contributed by atoms with Crippen LogP contribution >= 0.6 is 0 Å². The van der Waals surface area contributed by atoms with Crippen molar-refractivity contribution in [3.8, 4) is 5.75 Å². The highest BCUT2D eigenvalue weighted by atomic mass is 19.3. The Bertz CT molecular complexity index is 467. The minimum atomic E-state index is -2.84. The smallest absolute Gasteiger partial charge is 0.387 e. The Balaban J connectivity index is 1.95. The summed E-state index contributed by atoms with van der Waals surface area (Å²) in [4.78, 5) is 13.2. The number of alkyl halides is 2. The predicted molar refractivity (Wildman–Crippen MR) is 70.2 cm³/mol. The summed E-state index contributed by atoms with van der Waals surface area (Å²) in [5, 5.41) is 0. The summed E-state index contributed by atoms with van der Waals surface area (Å²) in [6.07, 6.45) is -0.205. The molecular weight excluding hydrogens is 284 g/mol. The van der Waals surface area contributed by atoms with E-state index in [2.05, 4.69) is 9.47 Å². The maximum Gasteiger partial charge on any atom is 0.387 e. The Morgan fingerprint density at radius 3 is 2.76 bits per heavy atom. The molecule has 1 fully saturated rings. The number of carbonyl (C=O) groups excluding carboxylic acids is 1. The first-order valence-electron chi connectivity index (χ1n) is 6.54. The van der Waals surface area contributed by atoms with Crippen molar-refractivity contribution >= 4 is 5.97 Å². The van der Waals surface area contributed by atoms with Crippen LogP contribution in [0.2, 0.25) is 0 Å². The van der Waals surface area contributed by atoms with Crippen LogP contribution in [0.3, 0.4) is 0 Å². The zero-order valence-corrected chi connectivity index (χ0v) is 11.6. The quantitative estimate of drug-likeness (QED) is 0.777. The van der Waals surface area contributed by atoms with Crippen molar-refractivity contribution in [3.05, 3.63) is 29.8 Å². The second kappa shape index (κ2) is 7.33. The fourth-order valence-electron chi connectivity index (χ4n) is 2.16. The molecule has 5 nitrogen and oxygen atoms in total. The summed E-state index contributed by atoms with van der Waals surface area (Å²) in [6.45, 7) is -0.931. The van der Waals surface area contributed by atoms with Crippen molar-refractivity contribution in [2.45, 2.75) is 12.7 Å². The van der Waals surface area contributed by atoms with Gasteiger partial charge >= 0.3 is 12.6 Å². The van der Waals surface area contributed by atoms with Gasteiger partial charge in [0.15, 0.2) is 0 Å². The summed E-state index contributed by atoms with van der Waals surface area (Å²) >= 11 is 0. The van der Waals surface area contributed by atoms with Gasteiger partial charge in [0.1, 0.15) is 5.75 Å². The lowest BCUT2D eigenvalue weighted by molar-refractivity contribution is -0.143. The van der Waals surface area contributed by atoms with Gasteiger partial charge in [-0.2, -0.15) is 8.78 Å². The van der Waals surface area contributed by atoms with Crippen LogP contribution in [0.1, 0.15) is 11.7 Å². The van der Waals surface area contributed by atoms with Crippen molar-refractivity contribution in [2.75, 3.05) is 33.4 Å². The van der Waals surface area contributed by atoms with Crippen molar-refractivity contribution in [1.29, 1.82) is 0 Å². The van der Waals surface area contributed by atoms with Crippen LogP contribution in [0.15, 0.2) is 24.3 Å². The molecule has 0 amide bonds. The summed E-state index contributed by atoms with van der Waals surface area (Å²) in [7, 11) is 1.35. The molecule has 0 saturated carbocycles. The van der Waals surface area contributed by atoms with E-state index in [4.69, 9.17) is 4.74 Å². The molecule has 1 heterocycles. The Morgan fingerprint density at radius 2 is 2.14 bits per heavy atom. The molecule has 0 aromatic heterocycles. The number of carbonyl (C=O) groups is 1. The minimum Gasteiger partial charge on any atom is -0.468 e. The van der Waals surface area contributed by atoms with Crippen LogP contribution < -0.4 is 4.74 Å². The fourth-order valence-corrected chi connectivity index (χ4v) is 2.16. The van der Waals surface area contributed by atoms with Crippen LogP contribution in [0.25, 0.3) is 0 Å². The van der Waals surface area contributed by atoms with Gasteiger partial charge in [-0.15, -0.1) is 0 Å². The topological polar surface area (TPSA) is 48.0 Å². The fraction of sp³-hybridized carbons (Fsp3) is 0.500.